The molecule has 0 bridgehead atoms. The highest BCUT2D eigenvalue weighted by Crippen LogP contribution is 2.20. The van der Waals surface area contributed by atoms with Crippen molar-refractivity contribution in [3.05, 3.63) is 47.8 Å². The molecule has 3 heterocycles. The summed E-state index contributed by atoms with van der Waals surface area (Å²) in [6, 6.07) is 9.81. The van der Waals surface area contributed by atoms with Crippen LogP contribution in [0.1, 0.15) is 24.1 Å². The predicted molar refractivity (Wildman–Crippen MR) is 104 cm³/mol. The largest absolute Gasteiger partial charge is 0.497 e. The third-order valence-corrected chi connectivity index (χ3v) is 5.65. The fraction of sp³-hybridized carbons (Fsp3) is 0.524. The molecule has 27 heavy (non-hydrogen) atoms. The number of methoxy groups -OCH3 is 1. The molecule has 6 nitrogen and oxygen atoms in total. The van der Waals surface area contributed by atoms with E-state index < -0.39 is 0 Å². The number of aromatic nitrogens is 2. The quantitative estimate of drug-likeness (QED) is 0.812. The van der Waals surface area contributed by atoms with Crippen LogP contribution in [0.15, 0.2) is 36.5 Å². The number of nitrogens with zero attached hydrogens (tertiary/aromatic N) is 4. The predicted octanol–water partition coefficient (Wildman–Crippen LogP) is 2.19. The van der Waals surface area contributed by atoms with Crippen molar-refractivity contribution in [3.8, 4) is 5.75 Å². The summed E-state index contributed by atoms with van der Waals surface area (Å²) in [5.41, 5.74) is 2.15. The average molecular weight is 368 g/mol. The van der Waals surface area contributed by atoms with E-state index in [1.54, 1.807) is 7.11 Å². The lowest BCUT2D eigenvalue weighted by atomic mass is 10.1. The van der Waals surface area contributed by atoms with Gasteiger partial charge in [-0.3, -0.25) is 9.48 Å². The minimum Gasteiger partial charge on any atom is -0.497 e. The van der Waals surface area contributed by atoms with Crippen LogP contribution in [0.5, 0.6) is 5.75 Å². The smallest absolute Gasteiger partial charge is 0.227 e. The molecule has 4 rings (SSSR count). The third-order valence-electron chi connectivity index (χ3n) is 5.65. The topological polar surface area (TPSA) is 50.6 Å². The van der Waals surface area contributed by atoms with Crippen LogP contribution in [-0.2, 0) is 24.3 Å². The van der Waals surface area contributed by atoms with Gasteiger partial charge in [0.05, 0.1) is 25.8 Å². The molecule has 0 saturated carbocycles. The van der Waals surface area contributed by atoms with Crippen molar-refractivity contribution in [1.82, 2.24) is 19.6 Å². The Balaban J connectivity index is 1.46. The number of likely N-dealkylation sites (tertiary alicyclic amines) is 1. The molecule has 0 aliphatic carbocycles. The molecular weight excluding hydrogens is 340 g/mol. The lowest BCUT2D eigenvalue weighted by Gasteiger charge is -2.27. The maximum absolute atomic E-state index is 13.0. The first-order valence-electron chi connectivity index (χ1n) is 9.85. The van der Waals surface area contributed by atoms with Crippen LogP contribution in [-0.4, -0.2) is 58.8 Å². The average Bonchev–Trinajstić information content (AvgIpc) is 3.31. The summed E-state index contributed by atoms with van der Waals surface area (Å²) in [5, 5.41) is 4.48. The van der Waals surface area contributed by atoms with E-state index in [1.807, 2.05) is 41.4 Å². The molecule has 144 valence electrons. The molecular formula is C21H28N4O2. The van der Waals surface area contributed by atoms with Crippen molar-refractivity contribution in [2.45, 2.75) is 32.4 Å². The number of carbonyl (C=O) groups is 1. The summed E-state index contributed by atoms with van der Waals surface area (Å²) in [7, 11) is 1.65. The lowest BCUT2D eigenvalue weighted by Crippen LogP contribution is -2.39. The maximum Gasteiger partial charge on any atom is 0.227 e. The Morgan fingerprint density at radius 2 is 1.93 bits per heavy atom. The fourth-order valence-corrected chi connectivity index (χ4v) is 4.20. The Morgan fingerprint density at radius 1 is 1.15 bits per heavy atom. The van der Waals surface area contributed by atoms with Gasteiger partial charge in [-0.05, 0) is 49.7 Å². The molecule has 0 spiro atoms. The van der Waals surface area contributed by atoms with Gasteiger partial charge in [0.25, 0.3) is 0 Å². The third kappa shape index (κ3) is 4.33. The first-order chi connectivity index (χ1) is 13.2. The van der Waals surface area contributed by atoms with Crippen LogP contribution < -0.4 is 4.74 Å². The van der Waals surface area contributed by atoms with Crippen LogP contribution in [0.3, 0.4) is 0 Å². The van der Waals surface area contributed by atoms with Crippen LogP contribution in [0.25, 0.3) is 0 Å². The van der Waals surface area contributed by atoms with Crippen LogP contribution >= 0.6 is 0 Å². The molecule has 0 radical (unpaired) electrons. The van der Waals surface area contributed by atoms with Gasteiger partial charge in [0.1, 0.15) is 5.75 Å². The number of rotatable bonds is 5. The summed E-state index contributed by atoms with van der Waals surface area (Å²) >= 11 is 0. The summed E-state index contributed by atoms with van der Waals surface area (Å²) in [5.74, 6) is 1.42. The standard InChI is InChI=1S/C21H28N4O2/c1-27-20-6-4-17(5-7-20)12-21(26)24-14-18(13-23-10-2-3-11-23)15-25-19(16-24)8-9-22-25/h4-9,18H,2-3,10-16H2,1H3/t18-/m0/s1. The monoisotopic (exact) mass is 368 g/mol. The van der Waals surface area contributed by atoms with Crippen molar-refractivity contribution in [2.75, 3.05) is 33.3 Å². The first kappa shape index (κ1) is 18.0. The van der Waals surface area contributed by atoms with Gasteiger partial charge >= 0.3 is 0 Å². The highest BCUT2D eigenvalue weighted by atomic mass is 16.5. The van der Waals surface area contributed by atoms with E-state index >= 15 is 0 Å². The van der Waals surface area contributed by atoms with Crippen LogP contribution in [0.4, 0.5) is 0 Å². The van der Waals surface area contributed by atoms with Gasteiger partial charge in [-0.2, -0.15) is 5.10 Å². The Hall–Kier alpha value is -2.34. The minimum atomic E-state index is 0.182. The van der Waals surface area contributed by atoms with Crippen molar-refractivity contribution in [1.29, 1.82) is 0 Å². The molecule has 1 aromatic heterocycles. The van der Waals surface area contributed by atoms with E-state index in [0.29, 0.717) is 18.9 Å². The Morgan fingerprint density at radius 3 is 2.67 bits per heavy atom. The molecule has 1 atom stereocenters. The van der Waals surface area contributed by atoms with Crippen LogP contribution in [0.2, 0.25) is 0 Å². The molecule has 2 aliphatic rings. The summed E-state index contributed by atoms with van der Waals surface area (Å²) in [4.78, 5) is 17.6. The number of fused-ring (bicyclic) bond motifs is 1. The van der Waals surface area contributed by atoms with E-state index in [2.05, 4.69) is 14.7 Å². The summed E-state index contributed by atoms with van der Waals surface area (Å²) < 4.78 is 7.29. The molecule has 6 heteroatoms. The number of hydrogen-bond acceptors (Lipinski definition) is 4. The van der Waals surface area contributed by atoms with Gasteiger partial charge in [-0.25, -0.2) is 0 Å². The number of benzene rings is 1. The highest BCUT2D eigenvalue weighted by Gasteiger charge is 2.27. The molecule has 2 aromatic rings. The molecule has 0 N–H and O–H groups in total. The zero-order chi connectivity index (χ0) is 18.6. The zero-order valence-corrected chi connectivity index (χ0v) is 16.0. The summed E-state index contributed by atoms with van der Waals surface area (Å²) in [6.07, 6.45) is 4.86. The van der Waals surface area contributed by atoms with E-state index in [9.17, 15) is 4.79 Å². The van der Waals surface area contributed by atoms with Crippen molar-refractivity contribution in [3.63, 3.8) is 0 Å². The maximum atomic E-state index is 13.0. The Labute approximate surface area is 160 Å². The van der Waals surface area contributed by atoms with Gasteiger partial charge in [-0.1, -0.05) is 12.1 Å². The van der Waals surface area contributed by atoms with Crippen molar-refractivity contribution >= 4 is 5.91 Å². The second kappa shape index (κ2) is 8.13. The van der Waals surface area contributed by atoms with Gasteiger partial charge in [0, 0.05) is 31.7 Å². The van der Waals surface area contributed by atoms with Gasteiger partial charge in [0.15, 0.2) is 0 Å². The van der Waals surface area contributed by atoms with Crippen molar-refractivity contribution in [2.24, 2.45) is 5.92 Å². The van der Waals surface area contributed by atoms with Gasteiger partial charge < -0.3 is 14.5 Å². The normalized spacial score (nSPS) is 20.3. The van der Waals surface area contributed by atoms with Crippen molar-refractivity contribution < 1.29 is 9.53 Å². The number of hydrogen-bond donors (Lipinski definition) is 0. The molecule has 1 amide bonds. The molecule has 0 unspecified atom stereocenters. The van der Waals surface area contributed by atoms with Gasteiger partial charge in [-0.15, -0.1) is 0 Å². The molecule has 1 saturated heterocycles. The molecule has 1 fully saturated rings. The van der Waals surface area contributed by atoms with E-state index in [1.165, 1.54) is 25.9 Å². The molecule has 1 aromatic carbocycles. The Bertz CT molecular complexity index is 765. The second-order valence-electron chi connectivity index (χ2n) is 7.68. The summed E-state index contributed by atoms with van der Waals surface area (Å²) in [6.45, 7) is 5.75. The van der Waals surface area contributed by atoms with E-state index in [4.69, 9.17) is 4.74 Å². The number of amides is 1. The Kier molecular flexibility index (Phi) is 5.43. The minimum absolute atomic E-state index is 0.182. The van der Waals surface area contributed by atoms with E-state index in [0.717, 1.165) is 36.6 Å². The zero-order valence-electron chi connectivity index (χ0n) is 16.0. The number of carbonyl (C=O) groups excluding carboxylic acids is 1. The highest BCUT2D eigenvalue weighted by molar-refractivity contribution is 5.78. The van der Waals surface area contributed by atoms with Crippen LogP contribution in [0, 0.1) is 5.92 Å². The number of ether oxygens (including phenoxy) is 1. The lowest BCUT2D eigenvalue weighted by molar-refractivity contribution is -0.131. The first-order valence-corrected chi connectivity index (χ1v) is 9.85. The second-order valence-corrected chi connectivity index (χ2v) is 7.68. The van der Waals surface area contributed by atoms with Gasteiger partial charge in [0.2, 0.25) is 5.91 Å². The fourth-order valence-electron chi connectivity index (χ4n) is 4.20. The SMILES string of the molecule is COc1ccc(CC(=O)N2Cc3ccnn3C[C@@H](CN3CCCC3)C2)cc1. The van der Waals surface area contributed by atoms with E-state index in [-0.39, 0.29) is 5.91 Å². The molecule has 2 aliphatic heterocycles.